The molecule has 1 atom stereocenters. The first-order valence-electron chi connectivity index (χ1n) is 3.65. The van der Waals surface area contributed by atoms with Gasteiger partial charge in [0.25, 0.3) is 0 Å². The predicted octanol–water partition coefficient (Wildman–Crippen LogP) is 1.76. The first-order valence-corrected chi connectivity index (χ1v) is 3.65. The van der Waals surface area contributed by atoms with Gasteiger partial charge in [-0.15, -0.1) is 0 Å². The van der Waals surface area contributed by atoms with Crippen molar-refractivity contribution in [3.8, 4) is 6.07 Å². The number of carbonyl (C=O) groups is 1. The number of rotatable bonds is 4. The third kappa shape index (κ3) is 2.18. The highest BCUT2D eigenvalue weighted by molar-refractivity contribution is 5.57. The largest absolute Gasteiger partial charge is 0.302 e. The van der Waals surface area contributed by atoms with Gasteiger partial charge >= 0.3 is 0 Å². The van der Waals surface area contributed by atoms with Crippen molar-refractivity contribution >= 4 is 6.29 Å². The summed E-state index contributed by atoms with van der Waals surface area (Å²) in [5, 5.41) is 8.48. The highest BCUT2D eigenvalue weighted by Crippen LogP contribution is 2.16. The van der Waals surface area contributed by atoms with Crippen molar-refractivity contribution in [1.82, 2.24) is 0 Å². The summed E-state index contributed by atoms with van der Waals surface area (Å²) < 4.78 is 0. The lowest BCUT2D eigenvalue weighted by Crippen LogP contribution is -2.12. The first-order chi connectivity index (χ1) is 4.79. The molecule has 0 rings (SSSR count). The van der Waals surface area contributed by atoms with Gasteiger partial charge in [-0.1, -0.05) is 26.7 Å². The van der Waals surface area contributed by atoms with E-state index in [0.29, 0.717) is 0 Å². The fourth-order valence-electron chi connectivity index (χ4n) is 1.04. The summed E-state index contributed by atoms with van der Waals surface area (Å²) in [6, 6.07) is 1.99. The maximum absolute atomic E-state index is 10.3. The van der Waals surface area contributed by atoms with Crippen molar-refractivity contribution in [3.63, 3.8) is 0 Å². The molecule has 10 heavy (non-hydrogen) atoms. The second-order valence-electron chi connectivity index (χ2n) is 2.37. The predicted molar refractivity (Wildman–Crippen MR) is 39.2 cm³/mol. The Morgan fingerprint density at radius 1 is 1.50 bits per heavy atom. The van der Waals surface area contributed by atoms with E-state index >= 15 is 0 Å². The zero-order chi connectivity index (χ0) is 7.98. The number of hydrogen-bond acceptors (Lipinski definition) is 2. The van der Waals surface area contributed by atoms with Crippen LogP contribution in [0.3, 0.4) is 0 Å². The van der Waals surface area contributed by atoms with Crippen LogP contribution in [0.25, 0.3) is 0 Å². The number of nitrogens with zero attached hydrogens (tertiary/aromatic N) is 1. The van der Waals surface area contributed by atoms with Crippen LogP contribution < -0.4 is 0 Å². The first kappa shape index (κ1) is 9.16. The molecule has 0 aromatic carbocycles. The molecule has 0 aliphatic carbocycles. The molecule has 2 nitrogen and oxygen atoms in total. The summed E-state index contributed by atoms with van der Waals surface area (Å²) in [5.74, 6) is -0.141. The van der Waals surface area contributed by atoms with Gasteiger partial charge in [-0.2, -0.15) is 5.26 Å². The average Bonchev–Trinajstić information content (AvgIpc) is 2.00. The topological polar surface area (TPSA) is 40.9 Å². The molecule has 1 unspecified atom stereocenters. The molecule has 0 aliphatic rings. The quantitative estimate of drug-likeness (QED) is 0.557. The van der Waals surface area contributed by atoms with Crippen LogP contribution in [0.2, 0.25) is 0 Å². The Balaban J connectivity index is 3.98. The molecule has 0 aromatic heterocycles. The van der Waals surface area contributed by atoms with Crippen molar-refractivity contribution < 1.29 is 4.79 Å². The van der Waals surface area contributed by atoms with Crippen molar-refractivity contribution in [3.05, 3.63) is 0 Å². The fraction of sp³-hybridized carbons (Fsp3) is 0.750. The molecule has 0 spiro atoms. The molecule has 0 bridgehead atoms. The number of carbonyl (C=O) groups excluding carboxylic acids is 1. The van der Waals surface area contributed by atoms with Gasteiger partial charge in [0.05, 0.1) is 6.07 Å². The Hall–Kier alpha value is -0.840. The van der Waals surface area contributed by atoms with Crippen LogP contribution in [0.15, 0.2) is 0 Å². The van der Waals surface area contributed by atoms with Gasteiger partial charge < -0.3 is 4.79 Å². The Morgan fingerprint density at radius 3 is 2.10 bits per heavy atom. The highest BCUT2D eigenvalue weighted by Gasteiger charge is 2.15. The third-order valence-electron chi connectivity index (χ3n) is 1.85. The molecule has 0 fully saturated rings. The Morgan fingerprint density at radius 2 is 2.00 bits per heavy atom. The smallest absolute Gasteiger partial charge is 0.137 e. The monoisotopic (exact) mass is 139 g/mol. The molecule has 2 heteroatoms. The molecule has 56 valence electrons. The van der Waals surface area contributed by atoms with Crippen molar-refractivity contribution in [2.75, 3.05) is 0 Å². The summed E-state index contributed by atoms with van der Waals surface area (Å²) in [6.07, 6.45) is 2.57. The van der Waals surface area contributed by atoms with Crippen molar-refractivity contribution in [2.24, 2.45) is 11.8 Å². The Labute approximate surface area is 61.8 Å². The van der Waals surface area contributed by atoms with Crippen LogP contribution in [0.5, 0.6) is 0 Å². The molecule has 0 N–H and O–H groups in total. The Kier molecular flexibility index (Phi) is 4.57. The molecule has 0 saturated carbocycles. The molecular weight excluding hydrogens is 126 g/mol. The summed E-state index contributed by atoms with van der Waals surface area (Å²) in [6.45, 7) is 4.00. The minimum Gasteiger partial charge on any atom is -0.302 e. The van der Waals surface area contributed by atoms with Crippen LogP contribution >= 0.6 is 0 Å². The second-order valence-corrected chi connectivity index (χ2v) is 2.37. The van der Waals surface area contributed by atoms with E-state index in [9.17, 15) is 4.79 Å². The van der Waals surface area contributed by atoms with Gasteiger partial charge in [-0.05, 0) is 5.92 Å². The van der Waals surface area contributed by atoms with Crippen LogP contribution in [0, 0.1) is 23.2 Å². The van der Waals surface area contributed by atoms with Gasteiger partial charge in [0.1, 0.15) is 12.2 Å². The minimum atomic E-state index is -0.394. The van der Waals surface area contributed by atoms with E-state index in [0.717, 1.165) is 19.1 Å². The average molecular weight is 139 g/mol. The molecule has 0 aliphatic heterocycles. The molecular formula is C8H13NO. The molecule has 0 aromatic rings. The highest BCUT2D eigenvalue weighted by atomic mass is 16.1. The number of hydrogen-bond donors (Lipinski definition) is 0. The summed E-state index contributed by atoms with van der Waals surface area (Å²) >= 11 is 0. The van der Waals surface area contributed by atoms with E-state index in [1.807, 2.05) is 19.9 Å². The zero-order valence-electron chi connectivity index (χ0n) is 6.50. The van der Waals surface area contributed by atoms with Gasteiger partial charge in [-0.3, -0.25) is 0 Å². The van der Waals surface area contributed by atoms with Crippen LogP contribution in [0.4, 0.5) is 0 Å². The number of nitriles is 1. The maximum atomic E-state index is 10.3. The summed E-state index contributed by atoms with van der Waals surface area (Å²) in [4.78, 5) is 10.3. The zero-order valence-corrected chi connectivity index (χ0v) is 6.50. The molecule has 0 radical (unpaired) electrons. The SMILES string of the molecule is CCC(CC)C(C#N)C=O. The Bertz CT molecular complexity index is 133. The minimum absolute atomic E-state index is 0.252. The summed E-state index contributed by atoms with van der Waals surface area (Å²) in [5.41, 5.74) is 0. The standard InChI is InChI=1S/C8H13NO/c1-3-7(4-2)8(5-9)6-10/h6-8H,3-4H2,1-2H3. The van der Waals surface area contributed by atoms with E-state index in [4.69, 9.17) is 5.26 Å². The summed E-state index contributed by atoms with van der Waals surface area (Å²) in [7, 11) is 0. The van der Waals surface area contributed by atoms with Crippen LogP contribution in [-0.4, -0.2) is 6.29 Å². The molecule has 0 heterocycles. The van der Waals surface area contributed by atoms with Crippen molar-refractivity contribution in [1.29, 1.82) is 5.26 Å². The van der Waals surface area contributed by atoms with E-state index in [-0.39, 0.29) is 5.92 Å². The normalized spacial score (nSPS) is 12.6. The third-order valence-corrected chi connectivity index (χ3v) is 1.85. The van der Waals surface area contributed by atoms with E-state index < -0.39 is 5.92 Å². The lowest BCUT2D eigenvalue weighted by atomic mass is 9.90. The van der Waals surface area contributed by atoms with Gasteiger partial charge in [-0.25, -0.2) is 0 Å². The lowest BCUT2D eigenvalue weighted by Gasteiger charge is -2.11. The van der Waals surface area contributed by atoms with Gasteiger partial charge in [0, 0.05) is 0 Å². The van der Waals surface area contributed by atoms with Gasteiger partial charge in [0.2, 0.25) is 0 Å². The van der Waals surface area contributed by atoms with E-state index in [1.165, 1.54) is 0 Å². The lowest BCUT2D eigenvalue weighted by molar-refractivity contribution is -0.110. The van der Waals surface area contributed by atoms with Crippen LogP contribution in [0.1, 0.15) is 26.7 Å². The van der Waals surface area contributed by atoms with Crippen LogP contribution in [-0.2, 0) is 4.79 Å². The number of aldehydes is 1. The maximum Gasteiger partial charge on any atom is 0.137 e. The van der Waals surface area contributed by atoms with E-state index in [2.05, 4.69) is 0 Å². The second kappa shape index (κ2) is 4.99. The van der Waals surface area contributed by atoms with E-state index in [1.54, 1.807) is 0 Å². The fourth-order valence-corrected chi connectivity index (χ4v) is 1.04. The van der Waals surface area contributed by atoms with Crippen molar-refractivity contribution in [2.45, 2.75) is 26.7 Å². The molecule has 0 amide bonds. The molecule has 0 saturated heterocycles. The van der Waals surface area contributed by atoms with Gasteiger partial charge in [0.15, 0.2) is 0 Å².